The highest BCUT2D eigenvalue weighted by Crippen LogP contribution is 2.32. The van der Waals surface area contributed by atoms with E-state index in [2.05, 4.69) is 51.6 Å². The second kappa shape index (κ2) is 5.76. The molecule has 104 valence electrons. The third-order valence-electron chi connectivity index (χ3n) is 3.61. The van der Waals surface area contributed by atoms with Gasteiger partial charge in [0.15, 0.2) is 0 Å². The summed E-state index contributed by atoms with van der Waals surface area (Å²) in [7, 11) is 1.97. The molecule has 0 spiro atoms. The molecular weight excluding hydrogens is 338 g/mol. The van der Waals surface area contributed by atoms with E-state index in [1.807, 2.05) is 13.1 Å². The first-order chi connectivity index (χ1) is 9.69. The Balaban J connectivity index is 1.98. The maximum absolute atomic E-state index is 6.07. The Morgan fingerprint density at radius 1 is 1.20 bits per heavy atom. The van der Waals surface area contributed by atoms with E-state index in [0.29, 0.717) is 0 Å². The summed E-state index contributed by atoms with van der Waals surface area (Å²) in [4.78, 5) is 0. The quantitative estimate of drug-likeness (QED) is 0.887. The van der Waals surface area contributed by atoms with Crippen molar-refractivity contribution in [3.05, 3.63) is 62.6 Å². The summed E-state index contributed by atoms with van der Waals surface area (Å²) in [6.45, 7) is 0.787. The summed E-state index contributed by atoms with van der Waals surface area (Å²) in [5, 5.41) is 4.10. The molecule has 0 radical (unpaired) electrons. The van der Waals surface area contributed by atoms with Crippen LogP contribution in [0.2, 0.25) is 5.02 Å². The smallest absolute Gasteiger partial charge is 0.122 e. The molecule has 1 unspecified atom stereocenters. The predicted molar refractivity (Wildman–Crippen MR) is 85.7 cm³/mol. The van der Waals surface area contributed by atoms with E-state index in [9.17, 15) is 0 Å². The van der Waals surface area contributed by atoms with E-state index >= 15 is 0 Å². The van der Waals surface area contributed by atoms with Gasteiger partial charge in [0, 0.05) is 10.9 Å². The molecule has 4 heteroatoms. The molecule has 1 atom stereocenters. The van der Waals surface area contributed by atoms with E-state index < -0.39 is 0 Å². The van der Waals surface area contributed by atoms with Gasteiger partial charge in [-0.25, -0.2) is 0 Å². The van der Waals surface area contributed by atoms with Crippen molar-refractivity contribution in [2.45, 2.75) is 12.5 Å². The summed E-state index contributed by atoms with van der Waals surface area (Å²) < 4.78 is 6.48. The summed E-state index contributed by atoms with van der Waals surface area (Å²) in [5.74, 6) is 1.01. The van der Waals surface area contributed by atoms with Crippen molar-refractivity contribution in [3.8, 4) is 5.75 Å². The molecule has 0 saturated heterocycles. The molecule has 0 saturated carbocycles. The zero-order valence-electron chi connectivity index (χ0n) is 11.1. The summed E-state index contributed by atoms with van der Waals surface area (Å²) in [6.07, 6.45) is 0.990. The van der Waals surface area contributed by atoms with Gasteiger partial charge < -0.3 is 10.1 Å². The summed E-state index contributed by atoms with van der Waals surface area (Å²) in [5.41, 5.74) is 3.71. The molecule has 2 nitrogen and oxygen atoms in total. The molecule has 0 fully saturated rings. The van der Waals surface area contributed by atoms with Crippen molar-refractivity contribution in [1.29, 1.82) is 0 Å². The van der Waals surface area contributed by atoms with Crippen molar-refractivity contribution < 1.29 is 4.74 Å². The Morgan fingerprint density at radius 2 is 1.95 bits per heavy atom. The lowest BCUT2D eigenvalue weighted by molar-refractivity contribution is 0.357. The molecule has 2 aromatic carbocycles. The van der Waals surface area contributed by atoms with E-state index in [1.165, 1.54) is 16.7 Å². The molecule has 3 rings (SSSR count). The van der Waals surface area contributed by atoms with Crippen LogP contribution in [-0.4, -0.2) is 13.7 Å². The highest BCUT2D eigenvalue weighted by atomic mass is 79.9. The van der Waals surface area contributed by atoms with Gasteiger partial charge in [0.2, 0.25) is 0 Å². The molecule has 0 bridgehead atoms. The number of fused-ring (bicyclic) bond motifs is 1. The fourth-order valence-corrected chi connectivity index (χ4v) is 3.12. The van der Waals surface area contributed by atoms with Crippen LogP contribution in [0.1, 0.15) is 22.7 Å². The molecule has 0 amide bonds. The van der Waals surface area contributed by atoms with Crippen LogP contribution >= 0.6 is 27.5 Å². The molecule has 20 heavy (non-hydrogen) atoms. The van der Waals surface area contributed by atoms with Crippen molar-refractivity contribution in [3.63, 3.8) is 0 Å². The number of hydrogen-bond acceptors (Lipinski definition) is 2. The zero-order chi connectivity index (χ0) is 14.1. The molecular formula is C16H15BrClNO. The van der Waals surface area contributed by atoms with Crippen LogP contribution in [0.4, 0.5) is 0 Å². The Bertz CT molecular complexity index is 644. The number of nitrogens with one attached hydrogen (secondary N) is 1. The van der Waals surface area contributed by atoms with Gasteiger partial charge in [-0.2, -0.15) is 0 Å². The Kier molecular flexibility index (Phi) is 4.01. The SMILES string of the molecule is CNC(c1ccc(Cl)c(Br)c1)c1ccc2c(c1)CCO2. The van der Waals surface area contributed by atoms with Crippen molar-refractivity contribution >= 4 is 27.5 Å². The maximum atomic E-state index is 6.07. The first-order valence-corrected chi connectivity index (χ1v) is 7.74. The summed E-state index contributed by atoms with van der Waals surface area (Å²) >= 11 is 9.55. The third kappa shape index (κ3) is 2.58. The van der Waals surface area contributed by atoms with Crippen molar-refractivity contribution in [2.24, 2.45) is 0 Å². The lowest BCUT2D eigenvalue weighted by Crippen LogP contribution is -2.17. The number of halogens is 2. The molecule has 1 N–H and O–H groups in total. The van der Waals surface area contributed by atoms with Crippen LogP contribution in [0.3, 0.4) is 0 Å². The first kappa shape index (κ1) is 13.9. The topological polar surface area (TPSA) is 21.3 Å². The van der Waals surface area contributed by atoms with Crippen LogP contribution in [0.15, 0.2) is 40.9 Å². The second-order valence-corrected chi connectivity index (χ2v) is 6.12. The largest absolute Gasteiger partial charge is 0.493 e. The van der Waals surface area contributed by atoms with Crippen LogP contribution in [0, 0.1) is 0 Å². The molecule has 1 aliphatic heterocycles. The van der Waals surface area contributed by atoms with Gasteiger partial charge >= 0.3 is 0 Å². The number of hydrogen-bond donors (Lipinski definition) is 1. The zero-order valence-corrected chi connectivity index (χ0v) is 13.5. The minimum absolute atomic E-state index is 0.148. The molecule has 2 aromatic rings. The number of rotatable bonds is 3. The minimum Gasteiger partial charge on any atom is -0.493 e. The lowest BCUT2D eigenvalue weighted by atomic mass is 9.96. The Labute approximate surface area is 132 Å². The maximum Gasteiger partial charge on any atom is 0.122 e. The fourth-order valence-electron chi connectivity index (χ4n) is 2.60. The van der Waals surface area contributed by atoms with Gasteiger partial charge in [-0.05, 0) is 57.9 Å². The van der Waals surface area contributed by atoms with Crippen molar-refractivity contribution in [1.82, 2.24) is 5.32 Å². The number of benzene rings is 2. The van der Waals surface area contributed by atoms with Crippen LogP contribution in [-0.2, 0) is 6.42 Å². The second-order valence-electron chi connectivity index (χ2n) is 4.86. The monoisotopic (exact) mass is 351 g/mol. The third-order valence-corrected chi connectivity index (χ3v) is 4.83. The molecule has 0 aliphatic carbocycles. The Hall–Kier alpha value is -1.03. The first-order valence-electron chi connectivity index (χ1n) is 6.57. The van der Waals surface area contributed by atoms with Gasteiger partial charge in [0.1, 0.15) is 5.75 Å². The number of ether oxygens (including phenoxy) is 1. The van der Waals surface area contributed by atoms with E-state index in [1.54, 1.807) is 0 Å². The van der Waals surface area contributed by atoms with Crippen LogP contribution in [0.5, 0.6) is 5.75 Å². The van der Waals surface area contributed by atoms with Crippen molar-refractivity contribution in [2.75, 3.05) is 13.7 Å². The average Bonchev–Trinajstić information content (AvgIpc) is 2.91. The van der Waals surface area contributed by atoms with Gasteiger partial charge in [0.05, 0.1) is 17.7 Å². The molecule has 1 aliphatic rings. The highest BCUT2D eigenvalue weighted by Gasteiger charge is 2.17. The predicted octanol–water partition coefficient (Wildman–Crippen LogP) is 4.35. The van der Waals surface area contributed by atoms with Crippen LogP contribution < -0.4 is 10.1 Å². The van der Waals surface area contributed by atoms with E-state index in [4.69, 9.17) is 16.3 Å². The van der Waals surface area contributed by atoms with Gasteiger partial charge in [-0.3, -0.25) is 0 Å². The van der Waals surface area contributed by atoms with Crippen LogP contribution in [0.25, 0.3) is 0 Å². The van der Waals surface area contributed by atoms with Gasteiger partial charge in [-0.1, -0.05) is 29.8 Å². The van der Waals surface area contributed by atoms with E-state index in [-0.39, 0.29) is 6.04 Å². The van der Waals surface area contributed by atoms with Gasteiger partial charge in [-0.15, -0.1) is 0 Å². The summed E-state index contributed by atoms with van der Waals surface area (Å²) in [6, 6.07) is 12.6. The standard InChI is InChI=1S/C16H15BrClNO/c1-19-16(12-2-4-14(18)13(17)9-12)11-3-5-15-10(8-11)6-7-20-15/h2-5,8-9,16,19H,6-7H2,1H3. The fraction of sp³-hybridized carbons (Fsp3) is 0.250. The minimum atomic E-state index is 0.148. The normalized spacial score (nSPS) is 14.8. The highest BCUT2D eigenvalue weighted by molar-refractivity contribution is 9.10. The molecule has 1 heterocycles. The van der Waals surface area contributed by atoms with E-state index in [0.717, 1.165) is 28.3 Å². The average molecular weight is 353 g/mol. The lowest BCUT2D eigenvalue weighted by Gasteiger charge is -2.18. The Morgan fingerprint density at radius 3 is 2.70 bits per heavy atom. The molecule has 0 aromatic heterocycles. The van der Waals surface area contributed by atoms with Gasteiger partial charge in [0.25, 0.3) is 0 Å².